The van der Waals surface area contributed by atoms with E-state index in [9.17, 15) is 19.2 Å². The Morgan fingerprint density at radius 2 is 1.85 bits per heavy atom. The molecule has 2 saturated heterocycles. The number of rotatable bonds is 3. The molecule has 3 aliphatic rings. The van der Waals surface area contributed by atoms with Crippen LogP contribution >= 0.6 is 0 Å². The Balaban J connectivity index is 1.48. The molecule has 2 atom stereocenters. The topological polar surface area (TPSA) is 113 Å². The third-order valence-electron chi connectivity index (χ3n) is 6.35. The minimum atomic E-state index is -0.682. The van der Waals surface area contributed by atoms with Crippen molar-refractivity contribution in [2.24, 2.45) is 10.9 Å². The molecule has 1 N–H and O–H groups in total. The van der Waals surface area contributed by atoms with Crippen molar-refractivity contribution in [1.82, 2.24) is 20.1 Å². The fourth-order valence-electron chi connectivity index (χ4n) is 4.75. The van der Waals surface area contributed by atoms with Crippen LogP contribution in [-0.2, 0) is 21.0 Å². The molecule has 2 bridgehead atoms. The number of carbonyl (C=O) groups excluding carboxylic acids is 3. The molecule has 174 valence electrons. The second-order valence-electron chi connectivity index (χ2n) is 8.65. The van der Waals surface area contributed by atoms with Gasteiger partial charge in [-0.2, -0.15) is 0 Å². The van der Waals surface area contributed by atoms with E-state index in [0.717, 1.165) is 12.1 Å². The van der Waals surface area contributed by atoms with Gasteiger partial charge in [0.25, 0.3) is 17.4 Å². The quantitative estimate of drug-likeness (QED) is 0.533. The predicted octanol–water partition coefficient (Wildman–Crippen LogP) is 0.867. The maximum Gasteiger partial charge on any atom is 0.376 e. The summed E-state index contributed by atoms with van der Waals surface area (Å²) in [7, 11) is 1.55. The molecule has 34 heavy (non-hydrogen) atoms. The molecule has 2 aromatic rings. The normalized spacial score (nSPS) is 23.0. The molecule has 2 amide bonds. The van der Waals surface area contributed by atoms with Crippen LogP contribution in [0, 0.1) is 5.92 Å². The summed E-state index contributed by atoms with van der Waals surface area (Å²) in [6, 6.07) is 13.6. The van der Waals surface area contributed by atoms with Crippen molar-refractivity contribution in [2.45, 2.75) is 18.9 Å². The second kappa shape index (κ2) is 8.71. The third kappa shape index (κ3) is 4.03. The number of amides is 2. The SMILES string of the molecule is CN1NOC(=O)/C1=C\C(=NC(=O)c1ccccc1)C(=O)N1CC2CC(C1)c1cccc(=O)n1C2. The minimum absolute atomic E-state index is 0.00450. The first-order valence-electron chi connectivity index (χ1n) is 11.0. The van der Waals surface area contributed by atoms with E-state index in [4.69, 9.17) is 4.84 Å². The number of benzene rings is 1. The molecule has 1 aromatic heterocycles. The van der Waals surface area contributed by atoms with Gasteiger partial charge in [0.05, 0.1) is 0 Å². The average molecular weight is 461 g/mol. The van der Waals surface area contributed by atoms with Crippen molar-refractivity contribution >= 4 is 23.5 Å². The molecule has 1 aromatic carbocycles. The summed E-state index contributed by atoms with van der Waals surface area (Å²) in [4.78, 5) is 61.4. The van der Waals surface area contributed by atoms with E-state index >= 15 is 0 Å². The Hall–Kier alpha value is -4.05. The van der Waals surface area contributed by atoms with Crippen LogP contribution in [0.15, 0.2) is 70.1 Å². The number of pyridine rings is 1. The van der Waals surface area contributed by atoms with E-state index in [2.05, 4.69) is 10.6 Å². The van der Waals surface area contributed by atoms with E-state index in [1.807, 2.05) is 6.07 Å². The first kappa shape index (κ1) is 21.8. The molecule has 0 radical (unpaired) electrons. The highest BCUT2D eigenvalue weighted by Crippen LogP contribution is 2.35. The smallest absolute Gasteiger partial charge is 0.345 e. The largest absolute Gasteiger partial charge is 0.376 e. The van der Waals surface area contributed by atoms with Crippen molar-refractivity contribution < 1.29 is 19.2 Å². The van der Waals surface area contributed by atoms with Gasteiger partial charge in [-0.1, -0.05) is 29.9 Å². The van der Waals surface area contributed by atoms with Crippen LogP contribution < -0.4 is 11.1 Å². The summed E-state index contributed by atoms with van der Waals surface area (Å²) in [6.45, 7) is 1.35. The van der Waals surface area contributed by atoms with Gasteiger partial charge in [-0.15, -0.1) is 0 Å². The molecule has 0 aliphatic carbocycles. The molecule has 10 nitrogen and oxygen atoms in total. The number of fused-ring (bicyclic) bond motifs is 4. The van der Waals surface area contributed by atoms with E-state index in [1.54, 1.807) is 59.0 Å². The molecular formula is C24H23N5O5. The lowest BCUT2D eigenvalue weighted by molar-refractivity contribution is -0.142. The molecule has 2 unspecified atom stereocenters. The highest BCUT2D eigenvalue weighted by Gasteiger charge is 2.37. The first-order valence-corrected chi connectivity index (χ1v) is 11.0. The number of hydrazine groups is 1. The molecule has 4 heterocycles. The zero-order valence-corrected chi connectivity index (χ0v) is 18.5. The highest BCUT2D eigenvalue weighted by atomic mass is 16.7. The summed E-state index contributed by atoms with van der Waals surface area (Å²) in [5.41, 5.74) is 3.50. The van der Waals surface area contributed by atoms with Crippen molar-refractivity contribution in [3.8, 4) is 0 Å². The number of nitrogens with one attached hydrogen (secondary N) is 1. The van der Waals surface area contributed by atoms with Crippen molar-refractivity contribution in [1.29, 1.82) is 0 Å². The molecule has 2 fully saturated rings. The van der Waals surface area contributed by atoms with E-state index in [-0.39, 0.29) is 28.8 Å². The second-order valence-corrected chi connectivity index (χ2v) is 8.65. The number of hydrogen-bond donors (Lipinski definition) is 1. The Bertz CT molecular complexity index is 1280. The number of likely N-dealkylation sites (tertiary alicyclic amines) is 1. The number of piperidine rings is 1. The maximum absolute atomic E-state index is 13.6. The van der Waals surface area contributed by atoms with Gasteiger partial charge in [-0.05, 0) is 30.5 Å². The average Bonchev–Trinajstić information content (AvgIpc) is 3.16. The zero-order chi connectivity index (χ0) is 23.8. The minimum Gasteiger partial charge on any atom is -0.345 e. The fraction of sp³-hybridized carbons (Fsp3) is 0.292. The number of aromatic nitrogens is 1. The number of nitrogens with zero attached hydrogens (tertiary/aromatic N) is 4. The Kier molecular flexibility index (Phi) is 5.58. The van der Waals surface area contributed by atoms with Crippen molar-refractivity contribution in [3.05, 3.63) is 81.9 Å². The Morgan fingerprint density at radius 1 is 1.06 bits per heavy atom. The number of aliphatic imine (C=N–C) groups is 1. The molecule has 0 saturated carbocycles. The highest BCUT2D eigenvalue weighted by molar-refractivity contribution is 6.45. The van der Waals surface area contributed by atoms with Crippen LogP contribution in [0.3, 0.4) is 0 Å². The van der Waals surface area contributed by atoms with Gasteiger partial charge in [-0.25, -0.2) is 9.79 Å². The van der Waals surface area contributed by atoms with E-state index < -0.39 is 17.8 Å². The summed E-state index contributed by atoms with van der Waals surface area (Å²) >= 11 is 0. The van der Waals surface area contributed by atoms with Gasteiger partial charge in [0.1, 0.15) is 11.4 Å². The molecule has 0 spiro atoms. The monoisotopic (exact) mass is 461 g/mol. The Labute approximate surface area is 195 Å². The van der Waals surface area contributed by atoms with E-state index in [1.165, 1.54) is 11.1 Å². The number of carbonyl (C=O) groups is 3. The van der Waals surface area contributed by atoms with Gasteiger partial charge in [-0.3, -0.25) is 19.4 Å². The van der Waals surface area contributed by atoms with Crippen LogP contribution in [0.5, 0.6) is 0 Å². The lowest BCUT2D eigenvalue weighted by atomic mass is 9.83. The van der Waals surface area contributed by atoms with Crippen LogP contribution in [0.2, 0.25) is 0 Å². The van der Waals surface area contributed by atoms with Gasteiger partial charge in [0.2, 0.25) is 0 Å². The van der Waals surface area contributed by atoms with Gasteiger partial charge in [0.15, 0.2) is 0 Å². The lowest BCUT2D eigenvalue weighted by Crippen LogP contribution is -2.50. The molecule has 3 aliphatic heterocycles. The molecule has 10 heteroatoms. The predicted molar refractivity (Wildman–Crippen MR) is 121 cm³/mol. The third-order valence-corrected chi connectivity index (χ3v) is 6.35. The van der Waals surface area contributed by atoms with Crippen LogP contribution in [0.4, 0.5) is 0 Å². The lowest BCUT2D eigenvalue weighted by Gasteiger charge is -2.42. The number of hydrogen-bond acceptors (Lipinski definition) is 7. The fourth-order valence-corrected chi connectivity index (χ4v) is 4.75. The van der Waals surface area contributed by atoms with E-state index in [0.29, 0.717) is 25.2 Å². The molecular weight excluding hydrogens is 438 g/mol. The summed E-state index contributed by atoms with van der Waals surface area (Å²) in [6.07, 6.45) is 2.15. The summed E-state index contributed by atoms with van der Waals surface area (Å²) < 4.78 is 1.78. The first-order chi connectivity index (χ1) is 16.4. The van der Waals surface area contributed by atoms with Gasteiger partial charge >= 0.3 is 5.97 Å². The Morgan fingerprint density at radius 3 is 2.59 bits per heavy atom. The summed E-state index contributed by atoms with van der Waals surface area (Å²) in [5, 5.41) is 1.31. The van der Waals surface area contributed by atoms with Crippen molar-refractivity contribution in [2.75, 3.05) is 20.1 Å². The summed E-state index contributed by atoms with van der Waals surface area (Å²) in [5.74, 6) is -1.61. The van der Waals surface area contributed by atoms with Gasteiger partial charge < -0.3 is 14.3 Å². The van der Waals surface area contributed by atoms with Crippen LogP contribution in [0.25, 0.3) is 0 Å². The van der Waals surface area contributed by atoms with Crippen molar-refractivity contribution in [3.63, 3.8) is 0 Å². The van der Waals surface area contributed by atoms with Gasteiger partial charge in [0, 0.05) is 56.0 Å². The maximum atomic E-state index is 13.6. The van der Waals surface area contributed by atoms with Crippen LogP contribution in [0.1, 0.15) is 28.4 Å². The standard InChI is InChI=1S/C24H23N5O5/c1-27-20(24(33)34-26-27)11-18(25-22(31)16-6-3-2-4-7-16)23(32)28-12-15-10-17(14-28)19-8-5-9-21(30)29(19)13-15/h2-9,11,15,17,26H,10,12-14H2,1H3/b20-11+,25-18?. The van der Waals surface area contributed by atoms with Crippen LogP contribution in [-0.4, -0.2) is 58.1 Å². The molecule has 5 rings (SSSR count). The number of likely N-dealkylation sites (N-methyl/N-ethyl adjacent to an activating group) is 1. The zero-order valence-electron chi connectivity index (χ0n) is 18.5.